The summed E-state index contributed by atoms with van der Waals surface area (Å²) in [5.74, 6) is 0.545. The molecule has 0 radical (unpaired) electrons. The number of hydrogen-bond donors (Lipinski definition) is 1. The molecule has 0 unspecified atom stereocenters. The van der Waals surface area contributed by atoms with E-state index in [1.165, 1.54) is 0 Å². The predicted molar refractivity (Wildman–Crippen MR) is 107 cm³/mol. The normalized spacial score (nSPS) is 11.1. The largest absolute Gasteiger partial charge is 0.497 e. The van der Waals surface area contributed by atoms with Crippen LogP contribution in [0.1, 0.15) is 11.1 Å². The van der Waals surface area contributed by atoms with Crippen LogP contribution in [0.3, 0.4) is 0 Å². The summed E-state index contributed by atoms with van der Waals surface area (Å²) in [7, 11) is 1.62. The molecule has 130 valence electrons. The van der Waals surface area contributed by atoms with E-state index < -0.39 is 0 Å². The lowest BCUT2D eigenvalue weighted by Gasteiger charge is -2.11. The van der Waals surface area contributed by atoms with Gasteiger partial charge in [0.2, 0.25) is 0 Å². The van der Waals surface area contributed by atoms with Crippen molar-refractivity contribution in [3.05, 3.63) is 95.0 Å². The highest BCUT2D eigenvalue weighted by Crippen LogP contribution is 2.25. The Morgan fingerprint density at radius 1 is 0.923 bits per heavy atom. The molecule has 3 rings (SSSR count). The van der Waals surface area contributed by atoms with Crippen LogP contribution in [0.25, 0.3) is 11.6 Å². The molecule has 0 saturated carbocycles. The lowest BCUT2D eigenvalue weighted by molar-refractivity contribution is -0.111. The fraction of sp³-hybridized carbons (Fsp3) is 0.0455. The summed E-state index contributed by atoms with van der Waals surface area (Å²) < 4.78 is 5.18. The highest BCUT2D eigenvalue weighted by molar-refractivity contribution is 6.35. The van der Waals surface area contributed by atoms with Gasteiger partial charge in [-0.3, -0.25) is 4.79 Å². The van der Waals surface area contributed by atoms with Crippen LogP contribution in [0, 0.1) is 0 Å². The predicted octanol–water partition coefficient (Wildman–Crippen LogP) is 5.53. The standard InChI is InChI=1S/C22H18ClNO2/c1-26-18-13-11-16(12-14-18)15-19(17-7-3-2-4-8-17)22(25)24-21-10-6-5-9-20(21)23/h2-15H,1H3,(H,24,25)/b19-15-. The van der Waals surface area contributed by atoms with Gasteiger partial charge in [-0.2, -0.15) is 0 Å². The van der Waals surface area contributed by atoms with Gasteiger partial charge in [-0.25, -0.2) is 0 Å². The van der Waals surface area contributed by atoms with Gasteiger partial charge in [0.1, 0.15) is 5.75 Å². The third kappa shape index (κ3) is 4.32. The lowest BCUT2D eigenvalue weighted by Crippen LogP contribution is -2.14. The molecular weight excluding hydrogens is 346 g/mol. The highest BCUT2D eigenvalue weighted by Gasteiger charge is 2.13. The maximum absolute atomic E-state index is 12.9. The Balaban J connectivity index is 1.96. The van der Waals surface area contributed by atoms with E-state index in [1.54, 1.807) is 19.2 Å². The van der Waals surface area contributed by atoms with Gasteiger partial charge in [0.25, 0.3) is 5.91 Å². The van der Waals surface area contributed by atoms with Crippen molar-refractivity contribution in [3.8, 4) is 5.75 Å². The highest BCUT2D eigenvalue weighted by atomic mass is 35.5. The van der Waals surface area contributed by atoms with Crippen LogP contribution in [0.4, 0.5) is 5.69 Å². The van der Waals surface area contributed by atoms with Gasteiger partial charge in [-0.15, -0.1) is 0 Å². The minimum Gasteiger partial charge on any atom is -0.497 e. The summed E-state index contributed by atoms with van der Waals surface area (Å²) in [5, 5.41) is 3.39. The number of halogens is 1. The van der Waals surface area contributed by atoms with Crippen LogP contribution in [-0.4, -0.2) is 13.0 Å². The van der Waals surface area contributed by atoms with Gasteiger partial charge < -0.3 is 10.1 Å². The van der Waals surface area contributed by atoms with Crippen molar-refractivity contribution in [3.63, 3.8) is 0 Å². The SMILES string of the molecule is COc1ccc(/C=C(\C(=O)Nc2ccccc2Cl)c2ccccc2)cc1. The molecule has 3 nitrogen and oxygen atoms in total. The summed E-state index contributed by atoms with van der Waals surface area (Å²) in [5.41, 5.74) is 2.86. The van der Waals surface area contributed by atoms with Crippen molar-refractivity contribution >= 4 is 34.8 Å². The number of carbonyl (C=O) groups excluding carboxylic acids is 1. The number of nitrogens with one attached hydrogen (secondary N) is 1. The number of carbonyl (C=O) groups is 1. The fourth-order valence-electron chi connectivity index (χ4n) is 2.52. The lowest BCUT2D eigenvalue weighted by atomic mass is 10.0. The monoisotopic (exact) mass is 363 g/mol. The van der Waals surface area contributed by atoms with E-state index in [2.05, 4.69) is 5.32 Å². The quantitative estimate of drug-likeness (QED) is 0.478. The number of anilines is 1. The van der Waals surface area contributed by atoms with Crippen LogP contribution in [0.2, 0.25) is 5.02 Å². The summed E-state index contributed by atoms with van der Waals surface area (Å²) in [4.78, 5) is 12.9. The van der Waals surface area contributed by atoms with E-state index in [4.69, 9.17) is 16.3 Å². The zero-order valence-corrected chi connectivity index (χ0v) is 15.0. The van der Waals surface area contributed by atoms with Gasteiger partial charge in [-0.1, -0.05) is 66.2 Å². The number of amides is 1. The number of hydrogen-bond acceptors (Lipinski definition) is 2. The Hall–Kier alpha value is -3.04. The number of benzene rings is 3. The Kier molecular flexibility index (Phi) is 5.72. The number of methoxy groups -OCH3 is 1. The Morgan fingerprint density at radius 3 is 2.23 bits per heavy atom. The van der Waals surface area contributed by atoms with Crippen molar-refractivity contribution < 1.29 is 9.53 Å². The molecule has 0 bridgehead atoms. The molecule has 3 aromatic rings. The van der Waals surface area contributed by atoms with Gasteiger partial charge >= 0.3 is 0 Å². The van der Waals surface area contributed by atoms with Crippen molar-refractivity contribution in [2.75, 3.05) is 12.4 Å². The molecule has 4 heteroatoms. The Bertz CT molecular complexity index is 918. The molecule has 0 atom stereocenters. The second-order valence-corrected chi connectivity index (χ2v) is 6.04. The molecule has 0 saturated heterocycles. The second-order valence-electron chi connectivity index (χ2n) is 5.63. The first-order valence-electron chi connectivity index (χ1n) is 8.14. The zero-order chi connectivity index (χ0) is 18.4. The van der Waals surface area contributed by atoms with Crippen molar-refractivity contribution in [1.29, 1.82) is 0 Å². The van der Waals surface area contributed by atoms with Crippen molar-refractivity contribution in [2.24, 2.45) is 0 Å². The van der Waals surface area contributed by atoms with E-state index in [-0.39, 0.29) is 5.91 Å². The molecule has 0 heterocycles. The third-order valence-corrected chi connectivity index (χ3v) is 4.21. The minimum atomic E-state index is -0.222. The first-order valence-corrected chi connectivity index (χ1v) is 8.52. The molecule has 0 spiro atoms. The first kappa shape index (κ1) is 17.8. The molecule has 1 amide bonds. The summed E-state index contributed by atoms with van der Waals surface area (Å²) in [6.07, 6.45) is 1.85. The number of ether oxygens (including phenoxy) is 1. The Labute approximate surface area is 157 Å². The molecule has 0 aliphatic heterocycles. The van der Waals surface area contributed by atoms with E-state index in [0.717, 1.165) is 16.9 Å². The fourth-order valence-corrected chi connectivity index (χ4v) is 2.70. The van der Waals surface area contributed by atoms with Gasteiger partial charge in [0, 0.05) is 5.57 Å². The van der Waals surface area contributed by atoms with Gasteiger partial charge in [0.15, 0.2) is 0 Å². The first-order chi connectivity index (χ1) is 12.7. The zero-order valence-electron chi connectivity index (χ0n) is 14.3. The van der Waals surface area contributed by atoms with Crippen LogP contribution >= 0.6 is 11.6 Å². The summed E-state index contributed by atoms with van der Waals surface area (Å²) >= 11 is 6.16. The molecule has 3 aromatic carbocycles. The average Bonchev–Trinajstić information content (AvgIpc) is 2.69. The van der Waals surface area contributed by atoms with Crippen molar-refractivity contribution in [2.45, 2.75) is 0 Å². The molecule has 0 aromatic heterocycles. The maximum atomic E-state index is 12.9. The number of rotatable bonds is 5. The summed E-state index contributed by atoms with van der Waals surface area (Å²) in [6, 6.07) is 24.2. The second kappa shape index (κ2) is 8.37. The van der Waals surface area contributed by atoms with E-state index in [0.29, 0.717) is 16.3 Å². The van der Waals surface area contributed by atoms with Crippen LogP contribution in [-0.2, 0) is 4.79 Å². The molecule has 26 heavy (non-hydrogen) atoms. The van der Waals surface area contributed by atoms with Crippen LogP contribution in [0.15, 0.2) is 78.9 Å². The van der Waals surface area contributed by atoms with E-state index >= 15 is 0 Å². The molecule has 0 fully saturated rings. The van der Waals surface area contributed by atoms with Crippen LogP contribution < -0.4 is 10.1 Å². The topological polar surface area (TPSA) is 38.3 Å². The average molecular weight is 364 g/mol. The molecule has 1 N–H and O–H groups in total. The molecule has 0 aliphatic carbocycles. The van der Waals surface area contributed by atoms with E-state index in [1.807, 2.05) is 72.8 Å². The molecular formula is C22H18ClNO2. The Morgan fingerprint density at radius 2 is 1.58 bits per heavy atom. The van der Waals surface area contributed by atoms with Gasteiger partial charge in [0.05, 0.1) is 17.8 Å². The maximum Gasteiger partial charge on any atom is 0.256 e. The third-order valence-electron chi connectivity index (χ3n) is 3.88. The molecule has 0 aliphatic rings. The number of para-hydroxylation sites is 1. The van der Waals surface area contributed by atoms with Gasteiger partial charge in [-0.05, 0) is 41.5 Å². The van der Waals surface area contributed by atoms with Crippen LogP contribution in [0.5, 0.6) is 5.75 Å². The smallest absolute Gasteiger partial charge is 0.256 e. The summed E-state index contributed by atoms with van der Waals surface area (Å²) in [6.45, 7) is 0. The minimum absolute atomic E-state index is 0.222. The van der Waals surface area contributed by atoms with Crippen molar-refractivity contribution in [1.82, 2.24) is 0 Å². The van der Waals surface area contributed by atoms with E-state index in [9.17, 15) is 4.79 Å².